The van der Waals surface area contributed by atoms with Crippen molar-refractivity contribution < 1.29 is 14.3 Å². The molecule has 1 aromatic heterocycles. The Morgan fingerprint density at radius 2 is 2.00 bits per heavy atom. The van der Waals surface area contributed by atoms with Gasteiger partial charge in [-0.15, -0.1) is 11.3 Å². The lowest BCUT2D eigenvalue weighted by atomic mass is 9.95. The van der Waals surface area contributed by atoms with Gasteiger partial charge in [-0.3, -0.25) is 9.69 Å². The zero-order valence-electron chi connectivity index (χ0n) is 16.9. The summed E-state index contributed by atoms with van der Waals surface area (Å²) in [5, 5.41) is 6.28. The number of anilines is 1. The van der Waals surface area contributed by atoms with Crippen LogP contribution in [-0.4, -0.2) is 42.1 Å². The third kappa shape index (κ3) is 5.45. The zero-order chi connectivity index (χ0) is 19.9. The molecule has 1 amide bonds. The Labute approximate surface area is 170 Å². The molecule has 1 aliphatic heterocycles. The van der Waals surface area contributed by atoms with Crippen molar-refractivity contribution in [3.63, 3.8) is 0 Å². The number of rotatable bonds is 8. The minimum absolute atomic E-state index is 0.0126. The lowest BCUT2D eigenvalue weighted by Gasteiger charge is -2.30. The Morgan fingerprint density at radius 3 is 2.64 bits per heavy atom. The Morgan fingerprint density at radius 1 is 1.25 bits per heavy atom. The molecule has 1 saturated heterocycles. The Hall–Kier alpha value is -2.12. The van der Waals surface area contributed by atoms with E-state index in [1.165, 1.54) is 0 Å². The number of thiazole rings is 1. The number of hydrogen-bond acceptors (Lipinski definition) is 6. The van der Waals surface area contributed by atoms with Crippen molar-refractivity contribution in [1.82, 2.24) is 9.88 Å². The number of hydrogen-bond donors (Lipinski definition) is 1. The van der Waals surface area contributed by atoms with Crippen LogP contribution in [0.15, 0.2) is 23.6 Å². The summed E-state index contributed by atoms with van der Waals surface area (Å²) in [4.78, 5) is 19.7. The van der Waals surface area contributed by atoms with Gasteiger partial charge in [-0.25, -0.2) is 4.98 Å². The number of aryl methyl sites for hydroxylation is 1. The van der Waals surface area contributed by atoms with Gasteiger partial charge in [0.2, 0.25) is 5.91 Å². The Balaban J connectivity index is 1.57. The molecule has 28 heavy (non-hydrogen) atoms. The van der Waals surface area contributed by atoms with Crippen LogP contribution in [0.3, 0.4) is 0 Å². The zero-order valence-corrected chi connectivity index (χ0v) is 17.7. The van der Waals surface area contributed by atoms with Gasteiger partial charge in [0.25, 0.3) is 0 Å². The minimum atomic E-state index is 0.0126. The van der Waals surface area contributed by atoms with E-state index in [0.29, 0.717) is 24.7 Å². The highest BCUT2D eigenvalue weighted by Crippen LogP contribution is 2.31. The SMILES string of the molecule is CCOc1ccc(OCC)c(NC(=O)C2CCN(Cc3csc(C)n3)CC2)c1. The third-order valence-corrected chi connectivity index (χ3v) is 5.65. The predicted octanol–water partition coefficient (Wildman–Crippen LogP) is 4.10. The Bertz CT molecular complexity index is 785. The van der Waals surface area contributed by atoms with Gasteiger partial charge in [0, 0.05) is 23.9 Å². The van der Waals surface area contributed by atoms with Gasteiger partial charge >= 0.3 is 0 Å². The van der Waals surface area contributed by atoms with Crippen molar-refractivity contribution in [2.75, 3.05) is 31.6 Å². The van der Waals surface area contributed by atoms with E-state index in [4.69, 9.17) is 9.47 Å². The summed E-state index contributed by atoms with van der Waals surface area (Å²) in [6, 6.07) is 5.55. The maximum atomic E-state index is 12.8. The van der Waals surface area contributed by atoms with Crippen molar-refractivity contribution >= 4 is 22.9 Å². The molecule has 1 N–H and O–H groups in total. The number of carbonyl (C=O) groups is 1. The molecule has 2 heterocycles. The molecular weight excluding hydrogens is 374 g/mol. The molecular formula is C21H29N3O3S. The predicted molar refractivity (Wildman–Crippen MR) is 112 cm³/mol. The maximum absolute atomic E-state index is 12.8. The second-order valence-electron chi connectivity index (χ2n) is 6.92. The van der Waals surface area contributed by atoms with E-state index in [-0.39, 0.29) is 11.8 Å². The van der Waals surface area contributed by atoms with Gasteiger partial charge in [0.1, 0.15) is 11.5 Å². The van der Waals surface area contributed by atoms with Crippen LogP contribution in [0.25, 0.3) is 0 Å². The van der Waals surface area contributed by atoms with E-state index >= 15 is 0 Å². The second kappa shape index (κ2) is 9.89. The minimum Gasteiger partial charge on any atom is -0.494 e. The van der Waals surface area contributed by atoms with E-state index in [9.17, 15) is 4.79 Å². The fraction of sp³-hybridized carbons (Fsp3) is 0.524. The molecule has 1 fully saturated rings. The molecule has 0 spiro atoms. The highest BCUT2D eigenvalue weighted by Gasteiger charge is 2.26. The van der Waals surface area contributed by atoms with Gasteiger partial charge in [-0.05, 0) is 58.8 Å². The van der Waals surface area contributed by atoms with Crippen LogP contribution >= 0.6 is 11.3 Å². The summed E-state index contributed by atoms with van der Waals surface area (Å²) in [5.41, 5.74) is 1.80. The van der Waals surface area contributed by atoms with Crippen LogP contribution in [0.5, 0.6) is 11.5 Å². The summed E-state index contributed by atoms with van der Waals surface area (Å²) in [7, 11) is 0. The van der Waals surface area contributed by atoms with Crippen LogP contribution < -0.4 is 14.8 Å². The molecule has 0 saturated carbocycles. The second-order valence-corrected chi connectivity index (χ2v) is 7.98. The van der Waals surface area contributed by atoms with Crippen molar-refractivity contribution in [1.29, 1.82) is 0 Å². The summed E-state index contributed by atoms with van der Waals surface area (Å²) in [6.07, 6.45) is 1.70. The number of aromatic nitrogens is 1. The molecule has 1 aliphatic rings. The number of likely N-dealkylation sites (tertiary alicyclic amines) is 1. The fourth-order valence-electron chi connectivity index (χ4n) is 3.44. The van der Waals surface area contributed by atoms with Gasteiger partial charge < -0.3 is 14.8 Å². The largest absolute Gasteiger partial charge is 0.494 e. The molecule has 2 aromatic rings. The standard InChI is InChI=1S/C21H29N3O3S/c1-4-26-18-6-7-20(27-5-2)19(12-18)23-21(25)16-8-10-24(11-9-16)13-17-14-28-15(3)22-17/h6-7,12,14,16H,4-5,8-11,13H2,1-3H3,(H,23,25). The molecule has 1 aromatic carbocycles. The molecule has 6 nitrogen and oxygen atoms in total. The summed E-state index contributed by atoms with van der Waals surface area (Å²) in [5.74, 6) is 1.47. The number of nitrogens with one attached hydrogen (secondary N) is 1. The van der Waals surface area contributed by atoms with Crippen molar-refractivity contribution in [3.8, 4) is 11.5 Å². The smallest absolute Gasteiger partial charge is 0.227 e. The highest BCUT2D eigenvalue weighted by atomic mass is 32.1. The molecule has 0 radical (unpaired) electrons. The molecule has 3 rings (SSSR count). The highest BCUT2D eigenvalue weighted by molar-refractivity contribution is 7.09. The Kier molecular flexibility index (Phi) is 7.28. The van der Waals surface area contributed by atoms with E-state index in [2.05, 4.69) is 20.6 Å². The molecule has 7 heteroatoms. The first kappa shape index (κ1) is 20.6. The topological polar surface area (TPSA) is 63.7 Å². The average molecular weight is 404 g/mol. The van der Waals surface area contributed by atoms with Gasteiger partial charge in [0.05, 0.1) is 29.6 Å². The van der Waals surface area contributed by atoms with E-state index in [1.807, 2.05) is 39.0 Å². The number of carbonyl (C=O) groups excluding carboxylic acids is 1. The molecule has 0 aliphatic carbocycles. The normalized spacial score (nSPS) is 15.4. The monoisotopic (exact) mass is 403 g/mol. The van der Waals surface area contributed by atoms with Crippen LogP contribution in [0.4, 0.5) is 5.69 Å². The summed E-state index contributed by atoms with van der Waals surface area (Å²) in [6.45, 7) is 9.71. The molecule has 0 bridgehead atoms. The fourth-order valence-corrected chi connectivity index (χ4v) is 4.05. The summed E-state index contributed by atoms with van der Waals surface area (Å²) >= 11 is 1.69. The van der Waals surface area contributed by atoms with E-state index in [1.54, 1.807) is 11.3 Å². The molecule has 152 valence electrons. The lowest BCUT2D eigenvalue weighted by molar-refractivity contribution is -0.121. The number of nitrogens with zero attached hydrogens (tertiary/aromatic N) is 2. The van der Waals surface area contributed by atoms with Crippen LogP contribution in [-0.2, 0) is 11.3 Å². The van der Waals surface area contributed by atoms with E-state index < -0.39 is 0 Å². The number of amides is 1. The van der Waals surface area contributed by atoms with Crippen LogP contribution in [0.1, 0.15) is 37.4 Å². The first-order chi connectivity index (χ1) is 13.6. The summed E-state index contributed by atoms with van der Waals surface area (Å²) < 4.78 is 11.2. The first-order valence-corrected chi connectivity index (χ1v) is 10.8. The lowest BCUT2D eigenvalue weighted by Crippen LogP contribution is -2.37. The number of piperidine rings is 1. The first-order valence-electron chi connectivity index (χ1n) is 9.93. The number of ether oxygens (including phenoxy) is 2. The van der Waals surface area contributed by atoms with Crippen molar-refractivity contribution in [3.05, 3.63) is 34.3 Å². The quantitative estimate of drug-likeness (QED) is 0.719. The van der Waals surface area contributed by atoms with Crippen LogP contribution in [0.2, 0.25) is 0 Å². The van der Waals surface area contributed by atoms with Gasteiger partial charge in [-0.2, -0.15) is 0 Å². The van der Waals surface area contributed by atoms with Gasteiger partial charge in [-0.1, -0.05) is 0 Å². The van der Waals surface area contributed by atoms with Crippen molar-refractivity contribution in [2.24, 2.45) is 5.92 Å². The number of benzene rings is 1. The average Bonchev–Trinajstić information content (AvgIpc) is 3.09. The third-order valence-electron chi connectivity index (χ3n) is 4.83. The van der Waals surface area contributed by atoms with Crippen molar-refractivity contribution in [2.45, 2.75) is 40.2 Å². The molecule has 0 atom stereocenters. The van der Waals surface area contributed by atoms with E-state index in [0.717, 1.165) is 48.9 Å². The van der Waals surface area contributed by atoms with Gasteiger partial charge in [0.15, 0.2) is 0 Å². The molecule has 0 unspecified atom stereocenters. The van der Waals surface area contributed by atoms with Crippen LogP contribution in [0, 0.1) is 12.8 Å². The maximum Gasteiger partial charge on any atom is 0.227 e.